The third kappa shape index (κ3) is 3.97. The predicted octanol–water partition coefficient (Wildman–Crippen LogP) is 2.45. The third-order valence-electron chi connectivity index (χ3n) is 4.07. The van der Waals surface area contributed by atoms with Crippen molar-refractivity contribution in [3.8, 4) is 11.4 Å². The molecule has 3 rings (SSSR count). The number of benzene rings is 1. The Morgan fingerprint density at radius 2 is 2.17 bits per heavy atom. The molecular formula is C17H20FN3O3. The summed E-state index contributed by atoms with van der Waals surface area (Å²) in [4.78, 5) is 18.4. The fraction of sp³-hybridized carbons (Fsp3) is 0.471. The Kier molecular flexibility index (Phi) is 5.20. The van der Waals surface area contributed by atoms with Crippen LogP contribution in [0.3, 0.4) is 0 Å². The maximum atomic E-state index is 12.9. The number of nitrogens with zero attached hydrogens (tertiary/aromatic N) is 3. The molecule has 128 valence electrons. The van der Waals surface area contributed by atoms with Crippen LogP contribution in [0.25, 0.3) is 11.4 Å². The second-order valence-electron chi connectivity index (χ2n) is 5.76. The van der Waals surface area contributed by atoms with Crippen LogP contribution in [0.2, 0.25) is 0 Å². The first-order chi connectivity index (χ1) is 11.7. The van der Waals surface area contributed by atoms with Gasteiger partial charge in [-0.05, 0) is 30.7 Å². The molecule has 7 heteroatoms. The Morgan fingerprint density at radius 1 is 1.38 bits per heavy atom. The van der Waals surface area contributed by atoms with E-state index in [0.717, 1.165) is 6.42 Å². The zero-order valence-corrected chi connectivity index (χ0v) is 13.6. The highest BCUT2D eigenvalue weighted by molar-refractivity contribution is 5.76. The Labute approximate surface area is 139 Å². The van der Waals surface area contributed by atoms with Gasteiger partial charge in [0.1, 0.15) is 5.82 Å². The molecule has 2 aromatic rings. The third-order valence-corrected chi connectivity index (χ3v) is 4.07. The molecule has 1 aliphatic rings. The van der Waals surface area contributed by atoms with Crippen LogP contribution >= 0.6 is 0 Å². The van der Waals surface area contributed by atoms with Gasteiger partial charge in [-0.25, -0.2) is 4.39 Å². The van der Waals surface area contributed by atoms with Crippen LogP contribution in [0.1, 0.15) is 25.7 Å². The van der Waals surface area contributed by atoms with Gasteiger partial charge in [-0.2, -0.15) is 4.98 Å². The molecule has 0 radical (unpaired) electrons. The molecule has 1 aromatic carbocycles. The molecule has 0 bridgehead atoms. The number of aryl methyl sites for hydroxylation is 1. The van der Waals surface area contributed by atoms with Crippen LogP contribution < -0.4 is 0 Å². The fourth-order valence-corrected chi connectivity index (χ4v) is 2.64. The summed E-state index contributed by atoms with van der Waals surface area (Å²) < 4.78 is 23.7. The van der Waals surface area contributed by atoms with E-state index in [0.29, 0.717) is 49.8 Å². The number of morpholine rings is 1. The number of halogens is 1. The van der Waals surface area contributed by atoms with E-state index in [4.69, 9.17) is 9.26 Å². The number of aromatic nitrogens is 2. The van der Waals surface area contributed by atoms with Gasteiger partial charge >= 0.3 is 0 Å². The average molecular weight is 333 g/mol. The van der Waals surface area contributed by atoms with Crippen molar-refractivity contribution < 1.29 is 18.4 Å². The van der Waals surface area contributed by atoms with Crippen molar-refractivity contribution >= 4 is 5.91 Å². The molecule has 0 N–H and O–H groups in total. The summed E-state index contributed by atoms with van der Waals surface area (Å²) in [6.07, 6.45) is 1.73. The predicted molar refractivity (Wildman–Crippen MR) is 84.6 cm³/mol. The lowest BCUT2D eigenvalue weighted by Crippen LogP contribution is -2.45. The van der Waals surface area contributed by atoms with E-state index in [1.165, 1.54) is 12.1 Å². The number of carbonyl (C=O) groups excluding carboxylic acids is 1. The molecule has 1 aliphatic heterocycles. The van der Waals surface area contributed by atoms with E-state index >= 15 is 0 Å². The molecule has 1 atom stereocenters. The molecule has 1 fully saturated rings. The van der Waals surface area contributed by atoms with Gasteiger partial charge in [0.15, 0.2) is 0 Å². The first-order valence-electron chi connectivity index (χ1n) is 8.13. The summed E-state index contributed by atoms with van der Waals surface area (Å²) in [6, 6.07) is 5.87. The Morgan fingerprint density at radius 3 is 2.92 bits per heavy atom. The second-order valence-corrected chi connectivity index (χ2v) is 5.76. The number of ether oxygens (including phenoxy) is 1. The minimum Gasteiger partial charge on any atom is -0.375 e. The van der Waals surface area contributed by atoms with Gasteiger partial charge in [0, 0.05) is 31.5 Å². The highest BCUT2D eigenvalue weighted by Gasteiger charge is 2.23. The van der Waals surface area contributed by atoms with Gasteiger partial charge < -0.3 is 14.2 Å². The van der Waals surface area contributed by atoms with E-state index in [1.54, 1.807) is 12.1 Å². The molecular weight excluding hydrogens is 313 g/mol. The van der Waals surface area contributed by atoms with Gasteiger partial charge in [0.25, 0.3) is 0 Å². The second kappa shape index (κ2) is 7.53. The van der Waals surface area contributed by atoms with Gasteiger partial charge in [0.05, 0.1) is 12.7 Å². The number of hydrogen-bond acceptors (Lipinski definition) is 5. The van der Waals surface area contributed by atoms with Crippen molar-refractivity contribution in [2.75, 3.05) is 19.7 Å². The van der Waals surface area contributed by atoms with Crippen LogP contribution in [0.15, 0.2) is 28.8 Å². The van der Waals surface area contributed by atoms with E-state index in [1.807, 2.05) is 11.8 Å². The molecule has 2 heterocycles. The van der Waals surface area contributed by atoms with Crippen LogP contribution in [0, 0.1) is 5.82 Å². The topological polar surface area (TPSA) is 68.5 Å². The highest BCUT2D eigenvalue weighted by Crippen LogP contribution is 2.17. The van der Waals surface area contributed by atoms with Crippen LogP contribution in [-0.2, 0) is 16.0 Å². The van der Waals surface area contributed by atoms with Crippen LogP contribution in [0.5, 0.6) is 0 Å². The minimum atomic E-state index is -0.316. The maximum Gasteiger partial charge on any atom is 0.227 e. The summed E-state index contributed by atoms with van der Waals surface area (Å²) in [5, 5.41) is 3.88. The normalized spacial score (nSPS) is 17.9. The van der Waals surface area contributed by atoms with Crippen LogP contribution in [0.4, 0.5) is 4.39 Å². The van der Waals surface area contributed by atoms with Crippen molar-refractivity contribution in [2.45, 2.75) is 32.3 Å². The molecule has 0 saturated carbocycles. The molecule has 1 amide bonds. The van der Waals surface area contributed by atoms with E-state index in [2.05, 4.69) is 10.1 Å². The molecule has 1 saturated heterocycles. The van der Waals surface area contributed by atoms with E-state index < -0.39 is 0 Å². The Balaban J connectivity index is 1.55. The smallest absolute Gasteiger partial charge is 0.227 e. The number of hydrogen-bond donors (Lipinski definition) is 0. The molecule has 0 unspecified atom stereocenters. The van der Waals surface area contributed by atoms with Crippen molar-refractivity contribution in [3.05, 3.63) is 36.0 Å². The molecule has 6 nitrogen and oxygen atoms in total. The zero-order chi connectivity index (χ0) is 16.9. The van der Waals surface area contributed by atoms with Gasteiger partial charge in [-0.1, -0.05) is 12.1 Å². The average Bonchev–Trinajstić information content (AvgIpc) is 3.09. The Hall–Kier alpha value is -2.28. The minimum absolute atomic E-state index is 0.0679. The quantitative estimate of drug-likeness (QED) is 0.841. The summed E-state index contributed by atoms with van der Waals surface area (Å²) in [5.41, 5.74) is 0.677. The summed E-state index contributed by atoms with van der Waals surface area (Å²) in [7, 11) is 0. The SMILES string of the molecule is CC[C@@H]1CN(C(=O)CCc2nc(-c3ccc(F)cc3)no2)CCO1. The highest BCUT2D eigenvalue weighted by atomic mass is 19.1. The van der Waals surface area contributed by atoms with Gasteiger partial charge in [-0.15, -0.1) is 0 Å². The summed E-state index contributed by atoms with van der Waals surface area (Å²) in [5.74, 6) is 0.556. The molecule has 0 aliphatic carbocycles. The van der Waals surface area contributed by atoms with E-state index in [-0.39, 0.29) is 17.8 Å². The monoisotopic (exact) mass is 333 g/mol. The summed E-state index contributed by atoms with van der Waals surface area (Å²) >= 11 is 0. The number of amides is 1. The van der Waals surface area contributed by atoms with Gasteiger partial charge in [0.2, 0.25) is 17.6 Å². The number of rotatable bonds is 5. The van der Waals surface area contributed by atoms with Crippen molar-refractivity contribution in [3.63, 3.8) is 0 Å². The first-order valence-corrected chi connectivity index (χ1v) is 8.13. The molecule has 0 spiro atoms. The van der Waals surface area contributed by atoms with E-state index in [9.17, 15) is 9.18 Å². The lowest BCUT2D eigenvalue weighted by molar-refractivity contribution is -0.138. The lowest BCUT2D eigenvalue weighted by Gasteiger charge is -2.32. The van der Waals surface area contributed by atoms with Crippen molar-refractivity contribution in [2.24, 2.45) is 0 Å². The zero-order valence-electron chi connectivity index (χ0n) is 13.6. The first kappa shape index (κ1) is 16.6. The summed E-state index contributed by atoms with van der Waals surface area (Å²) in [6.45, 7) is 3.90. The number of carbonyl (C=O) groups is 1. The maximum absolute atomic E-state index is 12.9. The molecule has 24 heavy (non-hydrogen) atoms. The van der Waals surface area contributed by atoms with Crippen LogP contribution in [-0.4, -0.2) is 46.7 Å². The largest absolute Gasteiger partial charge is 0.375 e. The lowest BCUT2D eigenvalue weighted by atomic mass is 10.2. The van der Waals surface area contributed by atoms with Gasteiger partial charge in [-0.3, -0.25) is 4.79 Å². The van der Waals surface area contributed by atoms with Crippen molar-refractivity contribution in [1.29, 1.82) is 0 Å². The molecule has 1 aromatic heterocycles. The van der Waals surface area contributed by atoms with Crippen molar-refractivity contribution in [1.82, 2.24) is 15.0 Å². The standard InChI is InChI=1S/C17H20FN3O3/c1-2-14-11-21(9-10-23-14)16(22)8-7-15-19-17(20-24-15)12-3-5-13(18)6-4-12/h3-6,14H,2,7-11H2,1H3/t14-/m1/s1. The fourth-order valence-electron chi connectivity index (χ4n) is 2.64. The Bertz CT molecular complexity index is 687.